The topological polar surface area (TPSA) is 97.3 Å². The van der Waals surface area contributed by atoms with Gasteiger partial charge in [-0.1, -0.05) is 19.1 Å². The van der Waals surface area contributed by atoms with Crippen molar-refractivity contribution >= 4 is 27.3 Å². The van der Waals surface area contributed by atoms with Crippen molar-refractivity contribution in [3.8, 4) is 11.5 Å². The zero-order valence-electron chi connectivity index (χ0n) is 17.8. The maximum Gasteiger partial charge on any atom is 0.260 e. The quantitative estimate of drug-likeness (QED) is 0.484. The SMILES string of the molecule is CC/C(=N/NC(=O)CN(c1cccc(C)c1)S(C)(=O)=O)c1ccc(OC)c(OC)c1. The van der Waals surface area contributed by atoms with Gasteiger partial charge in [0.15, 0.2) is 11.5 Å². The third kappa shape index (κ3) is 5.96. The fourth-order valence-electron chi connectivity index (χ4n) is 2.84. The molecule has 0 radical (unpaired) electrons. The minimum atomic E-state index is -3.65. The van der Waals surface area contributed by atoms with E-state index < -0.39 is 15.9 Å². The molecule has 0 spiro atoms. The van der Waals surface area contributed by atoms with E-state index in [1.807, 2.05) is 26.0 Å². The summed E-state index contributed by atoms with van der Waals surface area (Å²) in [5.41, 5.74) is 5.14. The van der Waals surface area contributed by atoms with E-state index in [4.69, 9.17) is 9.47 Å². The number of methoxy groups -OCH3 is 2. The number of carbonyl (C=O) groups excluding carboxylic acids is 1. The van der Waals surface area contributed by atoms with Crippen molar-refractivity contribution in [3.05, 3.63) is 53.6 Å². The number of ether oxygens (including phenoxy) is 2. The van der Waals surface area contributed by atoms with Crippen molar-refractivity contribution in [2.75, 3.05) is 31.3 Å². The summed E-state index contributed by atoms with van der Waals surface area (Å²) in [6.07, 6.45) is 1.61. The number of hydrogen-bond acceptors (Lipinski definition) is 6. The van der Waals surface area contributed by atoms with Crippen LogP contribution in [0.3, 0.4) is 0 Å². The molecule has 0 aliphatic heterocycles. The highest BCUT2D eigenvalue weighted by atomic mass is 32.2. The minimum Gasteiger partial charge on any atom is -0.493 e. The Bertz CT molecular complexity index is 1030. The molecule has 0 heterocycles. The van der Waals surface area contributed by atoms with E-state index in [-0.39, 0.29) is 6.54 Å². The highest BCUT2D eigenvalue weighted by Gasteiger charge is 2.21. The fraction of sp³-hybridized carbons (Fsp3) is 0.333. The molecule has 2 aromatic carbocycles. The summed E-state index contributed by atoms with van der Waals surface area (Å²) in [5, 5.41) is 4.19. The third-order valence-electron chi connectivity index (χ3n) is 4.34. The Balaban J connectivity index is 2.21. The van der Waals surface area contributed by atoms with Crippen LogP contribution in [-0.2, 0) is 14.8 Å². The van der Waals surface area contributed by atoms with Crippen molar-refractivity contribution in [2.24, 2.45) is 5.10 Å². The first-order chi connectivity index (χ1) is 14.2. The van der Waals surface area contributed by atoms with Crippen LogP contribution >= 0.6 is 0 Å². The van der Waals surface area contributed by atoms with Gasteiger partial charge in [0.1, 0.15) is 6.54 Å². The number of aryl methyl sites for hydroxylation is 1. The van der Waals surface area contributed by atoms with Crippen molar-refractivity contribution < 1.29 is 22.7 Å². The van der Waals surface area contributed by atoms with E-state index >= 15 is 0 Å². The van der Waals surface area contributed by atoms with Gasteiger partial charge in [0.05, 0.1) is 31.9 Å². The van der Waals surface area contributed by atoms with E-state index in [9.17, 15) is 13.2 Å². The second-order valence-electron chi connectivity index (χ2n) is 6.63. The zero-order chi connectivity index (χ0) is 22.3. The summed E-state index contributed by atoms with van der Waals surface area (Å²) >= 11 is 0. The van der Waals surface area contributed by atoms with Gasteiger partial charge < -0.3 is 9.47 Å². The Hall–Kier alpha value is -3.07. The number of hydrogen-bond donors (Lipinski definition) is 1. The van der Waals surface area contributed by atoms with Gasteiger partial charge in [0.2, 0.25) is 10.0 Å². The Labute approximate surface area is 177 Å². The molecule has 8 nitrogen and oxygen atoms in total. The summed E-state index contributed by atoms with van der Waals surface area (Å²) in [6, 6.07) is 12.3. The molecule has 162 valence electrons. The molecule has 2 aromatic rings. The Kier molecular flexibility index (Phi) is 7.82. The van der Waals surface area contributed by atoms with E-state index in [0.717, 1.165) is 21.7 Å². The average molecular weight is 434 g/mol. The van der Waals surface area contributed by atoms with Crippen LogP contribution in [0.1, 0.15) is 24.5 Å². The second kappa shape index (κ2) is 10.1. The molecule has 0 unspecified atom stereocenters. The maximum absolute atomic E-state index is 12.5. The lowest BCUT2D eigenvalue weighted by Crippen LogP contribution is -2.39. The van der Waals surface area contributed by atoms with Crippen LogP contribution in [0, 0.1) is 6.92 Å². The number of anilines is 1. The molecule has 2 rings (SSSR count). The molecule has 0 saturated carbocycles. The molecule has 9 heteroatoms. The highest BCUT2D eigenvalue weighted by molar-refractivity contribution is 7.92. The maximum atomic E-state index is 12.5. The van der Waals surface area contributed by atoms with Crippen molar-refractivity contribution in [2.45, 2.75) is 20.3 Å². The summed E-state index contributed by atoms with van der Waals surface area (Å²) in [7, 11) is -0.560. The van der Waals surface area contributed by atoms with Crippen molar-refractivity contribution in [1.82, 2.24) is 5.43 Å². The molecule has 0 aromatic heterocycles. The van der Waals surface area contributed by atoms with Gasteiger partial charge in [-0.2, -0.15) is 5.10 Å². The van der Waals surface area contributed by atoms with E-state index in [2.05, 4.69) is 10.5 Å². The lowest BCUT2D eigenvalue weighted by molar-refractivity contribution is -0.119. The van der Waals surface area contributed by atoms with E-state index in [1.54, 1.807) is 37.4 Å². The number of rotatable bonds is 9. The van der Waals surface area contributed by atoms with Gasteiger partial charge in [-0.25, -0.2) is 13.8 Å². The molecule has 0 aliphatic rings. The number of amides is 1. The molecule has 0 aliphatic carbocycles. The zero-order valence-corrected chi connectivity index (χ0v) is 18.6. The highest BCUT2D eigenvalue weighted by Crippen LogP contribution is 2.28. The van der Waals surface area contributed by atoms with Gasteiger partial charge in [-0.15, -0.1) is 0 Å². The molecule has 0 bridgehead atoms. The van der Waals surface area contributed by atoms with Gasteiger partial charge in [0, 0.05) is 5.56 Å². The first-order valence-electron chi connectivity index (χ1n) is 9.31. The molecule has 0 saturated heterocycles. The molecule has 0 fully saturated rings. The monoisotopic (exact) mass is 433 g/mol. The van der Waals surface area contributed by atoms with E-state index in [1.165, 1.54) is 7.11 Å². The number of nitrogens with one attached hydrogen (secondary N) is 1. The number of benzene rings is 2. The number of carbonyl (C=O) groups is 1. The van der Waals surface area contributed by atoms with Crippen LogP contribution in [0.5, 0.6) is 11.5 Å². The first-order valence-corrected chi connectivity index (χ1v) is 11.2. The van der Waals surface area contributed by atoms with Crippen molar-refractivity contribution in [1.29, 1.82) is 0 Å². The lowest BCUT2D eigenvalue weighted by Gasteiger charge is -2.21. The van der Waals surface area contributed by atoms with Crippen LogP contribution in [0.25, 0.3) is 0 Å². The largest absolute Gasteiger partial charge is 0.493 e. The summed E-state index contributed by atoms with van der Waals surface area (Å²) < 4.78 is 36.0. The normalized spacial score (nSPS) is 11.7. The predicted octanol–water partition coefficient (Wildman–Crippen LogP) is 2.71. The minimum absolute atomic E-state index is 0.380. The summed E-state index contributed by atoms with van der Waals surface area (Å²) in [4.78, 5) is 12.5. The Morgan fingerprint density at radius 3 is 2.37 bits per heavy atom. The molecular weight excluding hydrogens is 406 g/mol. The van der Waals surface area contributed by atoms with Gasteiger partial charge in [-0.05, 0) is 49.2 Å². The van der Waals surface area contributed by atoms with Gasteiger partial charge in [0.25, 0.3) is 5.91 Å². The fourth-order valence-corrected chi connectivity index (χ4v) is 3.69. The average Bonchev–Trinajstić information content (AvgIpc) is 2.71. The number of sulfonamides is 1. The molecule has 1 amide bonds. The summed E-state index contributed by atoms with van der Waals surface area (Å²) in [5.74, 6) is 0.584. The lowest BCUT2D eigenvalue weighted by atomic mass is 10.1. The molecule has 30 heavy (non-hydrogen) atoms. The van der Waals surface area contributed by atoms with Crippen LogP contribution < -0.4 is 19.2 Å². The van der Waals surface area contributed by atoms with Crippen molar-refractivity contribution in [3.63, 3.8) is 0 Å². The van der Waals surface area contributed by atoms with Gasteiger partial charge in [-0.3, -0.25) is 9.10 Å². The molecular formula is C21H27N3O5S. The van der Waals surface area contributed by atoms with Crippen LogP contribution in [0.4, 0.5) is 5.69 Å². The first kappa shape index (κ1) is 23.2. The summed E-state index contributed by atoms with van der Waals surface area (Å²) in [6.45, 7) is 3.37. The molecule has 1 N–H and O–H groups in total. The van der Waals surface area contributed by atoms with Crippen LogP contribution in [-0.4, -0.2) is 47.1 Å². The van der Waals surface area contributed by atoms with Crippen LogP contribution in [0.15, 0.2) is 47.6 Å². The smallest absolute Gasteiger partial charge is 0.260 e. The number of nitrogens with zero attached hydrogens (tertiary/aromatic N) is 2. The molecule has 0 atom stereocenters. The van der Waals surface area contributed by atoms with Crippen LogP contribution in [0.2, 0.25) is 0 Å². The van der Waals surface area contributed by atoms with E-state index in [0.29, 0.717) is 29.3 Å². The van der Waals surface area contributed by atoms with Gasteiger partial charge >= 0.3 is 0 Å². The number of hydrazone groups is 1. The standard InChI is InChI=1S/C21H27N3O5S/c1-6-18(16-10-11-19(28-3)20(13-16)29-4)22-23-21(25)14-24(30(5,26)27)17-9-7-8-15(2)12-17/h7-13H,6,14H2,1-5H3,(H,23,25)/b22-18-. The second-order valence-corrected chi connectivity index (χ2v) is 8.53. The third-order valence-corrected chi connectivity index (χ3v) is 5.48. The Morgan fingerprint density at radius 2 is 1.80 bits per heavy atom. The predicted molar refractivity (Wildman–Crippen MR) is 118 cm³/mol. The Morgan fingerprint density at radius 1 is 1.10 bits per heavy atom.